The number of carbonyl (C=O) groups is 1. The molecular formula is C18H25N3O2. The molecule has 2 N–H and O–H groups in total. The van der Waals surface area contributed by atoms with E-state index in [2.05, 4.69) is 21.6 Å². The van der Waals surface area contributed by atoms with Gasteiger partial charge in [-0.05, 0) is 37.4 Å². The van der Waals surface area contributed by atoms with E-state index in [1.165, 1.54) is 31.4 Å². The van der Waals surface area contributed by atoms with Crippen LogP contribution < -0.4 is 15.4 Å². The summed E-state index contributed by atoms with van der Waals surface area (Å²) in [6.45, 7) is 2.87. The van der Waals surface area contributed by atoms with Crippen LogP contribution in [0.4, 0.5) is 4.79 Å². The Morgan fingerprint density at radius 3 is 3.04 bits per heavy atom. The molecule has 2 fully saturated rings. The first-order chi connectivity index (χ1) is 11.3. The van der Waals surface area contributed by atoms with Crippen LogP contribution in [-0.4, -0.2) is 48.8 Å². The van der Waals surface area contributed by atoms with Gasteiger partial charge in [0.25, 0.3) is 0 Å². The van der Waals surface area contributed by atoms with Crippen molar-refractivity contribution in [1.29, 1.82) is 0 Å². The van der Waals surface area contributed by atoms with Gasteiger partial charge < -0.3 is 15.4 Å². The van der Waals surface area contributed by atoms with Crippen molar-refractivity contribution >= 4 is 6.03 Å². The number of benzene rings is 1. The van der Waals surface area contributed by atoms with Gasteiger partial charge >= 0.3 is 6.03 Å². The van der Waals surface area contributed by atoms with E-state index >= 15 is 0 Å². The molecule has 3 aliphatic heterocycles. The van der Waals surface area contributed by atoms with Crippen LogP contribution in [0.15, 0.2) is 24.3 Å². The summed E-state index contributed by atoms with van der Waals surface area (Å²) in [4.78, 5) is 14.7. The van der Waals surface area contributed by atoms with Crippen LogP contribution in [0.25, 0.3) is 0 Å². The van der Waals surface area contributed by atoms with Gasteiger partial charge in [-0.1, -0.05) is 24.6 Å². The van der Waals surface area contributed by atoms with Gasteiger partial charge in [0.2, 0.25) is 0 Å². The highest BCUT2D eigenvalue weighted by molar-refractivity contribution is 5.74. The average Bonchev–Trinajstić information content (AvgIpc) is 3.17. The van der Waals surface area contributed by atoms with E-state index in [0.717, 1.165) is 25.1 Å². The molecular weight excluding hydrogens is 290 g/mol. The van der Waals surface area contributed by atoms with E-state index in [9.17, 15) is 4.79 Å². The number of hydrogen-bond acceptors (Lipinski definition) is 3. The Morgan fingerprint density at radius 1 is 1.22 bits per heavy atom. The molecule has 0 spiro atoms. The number of fused-ring (bicyclic) bond motifs is 2. The van der Waals surface area contributed by atoms with Crippen molar-refractivity contribution in [2.75, 3.05) is 19.6 Å². The summed E-state index contributed by atoms with van der Waals surface area (Å²) in [7, 11) is 0. The molecule has 3 atom stereocenters. The highest BCUT2D eigenvalue weighted by atomic mass is 16.5. The molecule has 124 valence electrons. The summed E-state index contributed by atoms with van der Waals surface area (Å²) in [5.74, 6) is 0.952. The van der Waals surface area contributed by atoms with Gasteiger partial charge in [-0.25, -0.2) is 4.79 Å². The second kappa shape index (κ2) is 6.40. The molecule has 0 radical (unpaired) electrons. The van der Waals surface area contributed by atoms with Gasteiger partial charge in [0.05, 0.1) is 6.54 Å². The smallest absolute Gasteiger partial charge is 0.315 e. The minimum absolute atomic E-state index is 0.0490. The lowest BCUT2D eigenvalue weighted by Crippen LogP contribution is -2.50. The van der Waals surface area contributed by atoms with Crippen LogP contribution in [0.2, 0.25) is 0 Å². The first-order valence-corrected chi connectivity index (χ1v) is 8.82. The molecule has 0 aliphatic carbocycles. The van der Waals surface area contributed by atoms with Gasteiger partial charge in [-0.3, -0.25) is 4.90 Å². The zero-order chi connectivity index (χ0) is 15.6. The summed E-state index contributed by atoms with van der Waals surface area (Å²) < 4.78 is 5.86. The van der Waals surface area contributed by atoms with Crippen LogP contribution in [-0.2, 0) is 6.42 Å². The lowest BCUT2D eigenvalue weighted by molar-refractivity contribution is 0.177. The molecule has 23 heavy (non-hydrogen) atoms. The van der Waals surface area contributed by atoms with Gasteiger partial charge in [0.1, 0.15) is 11.9 Å². The van der Waals surface area contributed by atoms with Crippen LogP contribution >= 0.6 is 0 Å². The maximum Gasteiger partial charge on any atom is 0.315 e. The number of amides is 2. The van der Waals surface area contributed by atoms with Gasteiger partial charge in [-0.15, -0.1) is 0 Å². The van der Waals surface area contributed by atoms with Crippen molar-refractivity contribution in [2.24, 2.45) is 0 Å². The number of hydrogen-bond donors (Lipinski definition) is 2. The maximum atomic E-state index is 12.2. The number of ether oxygens (including phenoxy) is 1. The minimum Gasteiger partial charge on any atom is -0.488 e. The SMILES string of the molecule is O=C(NCC1Cc2ccccc2O1)NC1CCN2CCCCC12. The van der Waals surface area contributed by atoms with Gasteiger partial charge in [-0.2, -0.15) is 0 Å². The second-order valence-electron chi connectivity index (χ2n) is 6.90. The Labute approximate surface area is 137 Å². The molecule has 5 heteroatoms. The van der Waals surface area contributed by atoms with Crippen molar-refractivity contribution in [3.8, 4) is 5.75 Å². The van der Waals surface area contributed by atoms with E-state index in [0.29, 0.717) is 18.6 Å². The number of nitrogens with zero attached hydrogens (tertiary/aromatic N) is 1. The van der Waals surface area contributed by atoms with Gasteiger partial charge in [0.15, 0.2) is 0 Å². The van der Waals surface area contributed by atoms with E-state index in [-0.39, 0.29) is 12.1 Å². The van der Waals surface area contributed by atoms with Crippen molar-refractivity contribution < 1.29 is 9.53 Å². The number of urea groups is 1. The highest BCUT2D eigenvalue weighted by Gasteiger charge is 2.36. The van der Waals surface area contributed by atoms with Crippen molar-refractivity contribution in [3.05, 3.63) is 29.8 Å². The number of carbonyl (C=O) groups excluding carboxylic acids is 1. The number of nitrogens with one attached hydrogen (secondary N) is 2. The summed E-state index contributed by atoms with van der Waals surface area (Å²) in [6, 6.07) is 8.88. The molecule has 1 aromatic carbocycles. The summed E-state index contributed by atoms with van der Waals surface area (Å²) >= 11 is 0. The van der Waals surface area contributed by atoms with Crippen LogP contribution in [0.1, 0.15) is 31.2 Å². The Bertz CT molecular complexity index is 552. The number of para-hydroxylation sites is 1. The Morgan fingerprint density at radius 2 is 2.13 bits per heavy atom. The summed E-state index contributed by atoms with van der Waals surface area (Å²) in [5, 5.41) is 6.16. The second-order valence-corrected chi connectivity index (χ2v) is 6.90. The van der Waals surface area contributed by atoms with Crippen molar-refractivity contribution in [2.45, 2.75) is 50.3 Å². The van der Waals surface area contributed by atoms with Gasteiger partial charge in [0, 0.05) is 25.0 Å². The third-order valence-corrected chi connectivity index (χ3v) is 5.38. The molecule has 0 bridgehead atoms. The number of piperidine rings is 1. The minimum atomic E-state index is -0.0537. The highest BCUT2D eigenvalue weighted by Crippen LogP contribution is 2.28. The van der Waals surface area contributed by atoms with Crippen LogP contribution in [0.3, 0.4) is 0 Å². The first kappa shape index (κ1) is 14.8. The van der Waals surface area contributed by atoms with E-state index < -0.39 is 0 Å². The molecule has 4 rings (SSSR count). The molecule has 3 heterocycles. The van der Waals surface area contributed by atoms with Crippen molar-refractivity contribution in [1.82, 2.24) is 15.5 Å². The topological polar surface area (TPSA) is 53.6 Å². The fourth-order valence-corrected chi connectivity index (χ4v) is 4.21. The molecule has 2 amide bonds. The lowest BCUT2D eigenvalue weighted by Gasteiger charge is -2.32. The third kappa shape index (κ3) is 3.15. The lowest BCUT2D eigenvalue weighted by atomic mass is 9.99. The normalized spacial score (nSPS) is 29.5. The predicted molar refractivity (Wildman–Crippen MR) is 88.7 cm³/mol. The zero-order valence-electron chi connectivity index (χ0n) is 13.5. The Kier molecular flexibility index (Phi) is 4.12. The van der Waals surface area contributed by atoms with E-state index in [1.54, 1.807) is 0 Å². The molecule has 2 saturated heterocycles. The van der Waals surface area contributed by atoms with Crippen LogP contribution in [0.5, 0.6) is 5.75 Å². The molecule has 0 saturated carbocycles. The van der Waals surface area contributed by atoms with Crippen molar-refractivity contribution in [3.63, 3.8) is 0 Å². The predicted octanol–water partition coefficient (Wildman–Crippen LogP) is 1.92. The fraction of sp³-hybridized carbons (Fsp3) is 0.611. The molecule has 3 aliphatic rings. The van der Waals surface area contributed by atoms with E-state index in [4.69, 9.17) is 4.74 Å². The largest absolute Gasteiger partial charge is 0.488 e. The first-order valence-electron chi connectivity index (χ1n) is 8.82. The third-order valence-electron chi connectivity index (χ3n) is 5.38. The van der Waals surface area contributed by atoms with E-state index in [1.807, 2.05) is 18.2 Å². The Balaban J connectivity index is 1.24. The average molecular weight is 315 g/mol. The quantitative estimate of drug-likeness (QED) is 0.896. The Hall–Kier alpha value is -1.75. The summed E-state index contributed by atoms with van der Waals surface area (Å²) in [6.07, 6.45) is 5.79. The monoisotopic (exact) mass is 315 g/mol. The molecule has 1 aromatic rings. The summed E-state index contributed by atoms with van der Waals surface area (Å²) in [5.41, 5.74) is 1.23. The zero-order valence-corrected chi connectivity index (χ0v) is 13.5. The fourth-order valence-electron chi connectivity index (χ4n) is 4.21. The molecule has 3 unspecified atom stereocenters. The standard InChI is InChI=1S/C18H25N3O2/c22-18(20-15-8-10-21-9-4-3-6-16(15)21)19-12-14-11-13-5-1-2-7-17(13)23-14/h1-2,5,7,14-16H,3-4,6,8-12H2,(H2,19,20,22). The molecule has 5 nitrogen and oxygen atoms in total. The molecule has 0 aromatic heterocycles. The number of rotatable bonds is 3. The maximum absolute atomic E-state index is 12.2. The van der Waals surface area contributed by atoms with Crippen LogP contribution in [0, 0.1) is 0 Å².